The maximum absolute atomic E-state index is 11.1. The highest BCUT2D eigenvalue weighted by Crippen LogP contribution is 2.23. The SMILES string of the molecule is CCNC(C)(CC(C)(C)OC)C(=O)O. The van der Waals surface area contributed by atoms with Crippen molar-refractivity contribution in [2.75, 3.05) is 13.7 Å². The Kier molecular flexibility index (Phi) is 4.55. The third-order valence-electron chi connectivity index (χ3n) is 2.37. The van der Waals surface area contributed by atoms with Gasteiger partial charge in [-0.05, 0) is 27.3 Å². The van der Waals surface area contributed by atoms with Gasteiger partial charge in [0.05, 0.1) is 5.60 Å². The van der Waals surface area contributed by atoms with Gasteiger partial charge in [0.1, 0.15) is 5.54 Å². The molecule has 0 saturated heterocycles. The van der Waals surface area contributed by atoms with Crippen LogP contribution in [0.2, 0.25) is 0 Å². The van der Waals surface area contributed by atoms with Gasteiger partial charge >= 0.3 is 5.97 Å². The van der Waals surface area contributed by atoms with Crippen LogP contribution in [0.15, 0.2) is 0 Å². The molecule has 0 aliphatic heterocycles. The largest absolute Gasteiger partial charge is 0.480 e. The first-order chi connectivity index (χ1) is 6.27. The minimum absolute atomic E-state index is 0.430. The van der Waals surface area contributed by atoms with Crippen molar-refractivity contribution < 1.29 is 14.6 Å². The minimum Gasteiger partial charge on any atom is -0.480 e. The van der Waals surface area contributed by atoms with E-state index in [1.165, 1.54) is 0 Å². The van der Waals surface area contributed by atoms with E-state index in [0.717, 1.165) is 0 Å². The standard InChI is InChI=1S/C10H21NO3/c1-6-11-10(4,8(12)13)7-9(2,3)14-5/h11H,6-7H2,1-5H3,(H,12,13). The lowest BCUT2D eigenvalue weighted by Crippen LogP contribution is -2.53. The molecule has 0 rings (SSSR count). The molecule has 0 aromatic carbocycles. The average Bonchev–Trinajstić information content (AvgIpc) is 2.03. The number of likely N-dealkylation sites (N-methyl/N-ethyl adjacent to an activating group) is 1. The number of carbonyl (C=O) groups is 1. The normalized spacial score (nSPS) is 16.4. The Hall–Kier alpha value is -0.610. The Bertz CT molecular complexity index is 204. The number of carboxylic acid groups (broad SMARTS) is 1. The molecule has 0 amide bonds. The van der Waals surface area contributed by atoms with Crippen LogP contribution in [0.25, 0.3) is 0 Å². The highest BCUT2D eigenvalue weighted by Gasteiger charge is 2.38. The minimum atomic E-state index is -0.922. The summed E-state index contributed by atoms with van der Waals surface area (Å²) in [6.45, 7) is 7.96. The zero-order valence-electron chi connectivity index (χ0n) is 9.68. The molecule has 0 aliphatic rings. The van der Waals surface area contributed by atoms with Crippen LogP contribution >= 0.6 is 0 Å². The molecule has 1 unspecified atom stereocenters. The molecule has 0 spiro atoms. The second-order valence-corrected chi connectivity index (χ2v) is 4.31. The maximum Gasteiger partial charge on any atom is 0.323 e. The summed E-state index contributed by atoms with van der Waals surface area (Å²) in [6, 6.07) is 0. The van der Waals surface area contributed by atoms with Gasteiger partial charge in [0.25, 0.3) is 0 Å². The quantitative estimate of drug-likeness (QED) is 0.682. The molecule has 0 bridgehead atoms. The van der Waals surface area contributed by atoms with Gasteiger partial charge < -0.3 is 15.2 Å². The predicted molar refractivity (Wildman–Crippen MR) is 55.4 cm³/mol. The molecule has 2 N–H and O–H groups in total. The van der Waals surface area contributed by atoms with Gasteiger partial charge in [0.15, 0.2) is 0 Å². The summed E-state index contributed by atoms with van der Waals surface area (Å²) >= 11 is 0. The Morgan fingerprint density at radius 3 is 2.21 bits per heavy atom. The summed E-state index contributed by atoms with van der Waals surface area (Å²) in [6.07, 6.45) is 0.430. The highest BCUT2D eigenvalue weighted by atomic mass is 16.5. The Morgan fingerprint density at radius 2 is 1.93 bits per heavy atom. The van der Waals surface area contributed by atoms with Crippen molar-refractivity contribution in [1.29, 1.82) is 0 Å². The molecular weight excluding hydrogens is 182 g/mol. The maximum atomic E-state index is 11.1. The molecule has 14 heavy (non-hydrogen) atoms. The van der Waals surface area contributed by atoms with Gasteiger partial charge in [0, 0.05) is 13.5 Å². The van der Waals surface area contributed by atoms with Crippen LogP contribution in [0.1, 0.15) is 34.1 Å². The topological polar surface area (TPSA) is 58.6 Å². The lowest BCUT2D eigenvalue weighted by Gasteiger charge is -2.34. The van der Waals surface area contributed by atoms with Crippen molar-refractivity contribution >= 4 is 5.97 Å². The molecule has 0 aliphatic carbocycles. The third-order valence-corrected chi connectivity index (χ3v) is 2.37. The van der Waals surface area contributed by atoms with Gasteiger partial charge in [0.2, 0.25) is 0 Å². The van der Waals surface area contributed by atoms with E-state index in [1.807, 2.05) is 20.8 Å². The summed E-state index contributed by atoms with van der Waals surface area (Å²) in [4.78, 5) is 11.1. The molecule has 0 heterocycles. The van der Waals surface area contributed by atoms with E-state index in [2.05, 4.69) is 5.32 Å². The van der Waals surface area contributed by atoms with Crippen molar-refractivity contribution in [3.63, 3.8) is 0 Å². The number of ether oxygens (including phenoxy) is 1. The van der Waals surface area contributed by atoms with Crippen LogP contribution in [0.5, 0.6) is 0 Å². The zero-order valence-corrected chi connectivity index (χ0v) is 9.68. The molecule has 0 radical (unpaired) electrons. The fraction of sp³-hybridized carbons (Fsp3) is 0.900. The van der Waals surface area contributed by atoms with Crippen LogP contribution in [0.4, 0.5) is 0 Å². The van der Waals surface area contributed by atoms with E-state index in [4.69, 9.17) is 9.84 Å². The Balaban J connectivity index is 4.60. The fourth-order valence-electron chi connectivity index (χ4n) is 1.53. The smallest absolute Gasteiger partial charge is 0.323 e. The molecule has 4 heteroatoms. The summed E-state index contributed by atoms with van der Waals surface area (Å²) in [5.41, 5.74) is -1.36. The Labute approximate surface area is 85.6 Å². The van der Waals surface area contributed by atoms with Gasteiger partial charge in [-0.3, -0.25) is 4.79 Å². The highest BCUT2D eigenvalue weighted by molar-refractivity contribution is 5.78. The number of hydrogen-bond acceptors (Lipinski definition) is 3. The average molecular weight is 203 g/mol. The monoisotopic (exact) mass is 203 g/mol. The van der Waals surface area contributed by atoms with E-state index in [9.17, 15) is 4.79 Å². The van der Waals surface area contributed by atoms with Crippen LogP contribution in [0, 0.1) is 0 Å². The van der Waals surface area contributed by atoms with Crippen molar-refractivity contribution in [3.05, 3.63) is 0 Å². The molecule has 0 aromatic rings. The van der Waals surface area contributed by atoms with Gasteiger partial charge in [-0.2, -0.15) is 0 Å². The summed E-state index contributed by atoms with van der Waals surface area (Å²) in [5, 5.41) is 12.1. The fourth-order valence-corrected chi connectivity index (χ4v) is 1.53. The van der Waals surface area contributed by atoms with E-state index in [0.29, 0.717) is 13.0 Å². The third kappa shape index (κ3) is 3.64. The molecule has 0 saturated carbocycles. The van der Waals surface area contributed by atoms with Gasteiger partial charge in [-0.15, -0.1) is 0 Å². The van der Waals surface area contributed by atoms with Crippen molar-refractivity contribution in [3.8, 4) is 0 Å². The van der Waals surface area contributed by atoms with Crippen molar-refractivity contribution in [1.82, 2.24) is 5.32 Å². The number of carboxylic acids is 1. The molecule has 4 nitrogen and oxygen atoms in total. The summed E-state index contributed by atoms with van der Waals surface area (Å²) < 4.78 is 5.23. The number of aliphatic carboxylic acids is 1. The first-order valence-electron chi connectivity index (χ1n) is 4.81. The number of rotatable bonds is 6. The molecular formula is C10H21NO3. The van der Waals surface area contributed by atoms with E-state index < -0.39 is 17.1 Å². The lowest BCUT2D eigenvalue weighted by molar-refractivity contribution is -0.147. The summed E-state index contributed by atoms with van der Waals surface area (Å²) in [5.74, 6) is -0.843. The molecule has 0 aromatic heterocycles. The predicted octanol–water partition coefficient (Wildman–Crippen LogP) is 1.25. The second-order valence-electron chi connectivity index (χ2n) is 4.31. The van der Waals surface area contributed by atoms with Crippen LogP contribution in [-0.4, -0.2) is 35.9 Å². The van der Waals surface area contributed by atoms with E-state index in [-0.39, 0.29) is 0 Å². The first kappa shape index (κ1) is 13.4. The van der Waals surface area contributed by atoms with Gasteiger partial charge in [-0.1, -0.05) is 6.92 Å². The Morgan fingerprint density at radius 1 is 1.43 bits per heavy atom. The van der Waals surface area contributed by atoms with Gasteiger partial charge in [-0.25, -0.2) is 0 Å². The van der Waals surface area contributed by atoms with Crippen molar-refractivity contribution in [2.45, 2.75) is 45.3 Å². The molecule has 1 atom stereocenters. The van der Waals surface area contributed by atoms with Crippen LogP contribution in [0.3, 0.4) is 0 Å². The van der Waals surface area contributed by atoms with E-state index >= 15 is 0 Å². The summed E-state index contributed by atoms with van der Waals surface area (Å²) in [7, 11) is 1.59. The molecule has 0 fully saturated rings. The first-order valence-corrected chi connectivity index (χ1v) is 4.81. The number of hydrogen-bond donors (Lipinski definition) is 2. The lowest BCUT2D eigenvalue weighted by atomic mass is 9.87. The number of methoxy groups -OCH3 is 1. The second kappa shape index (κ2) is 4.75. The number of nitrogens with one attached hydrogen (secondary N) is 1. The van der Waals surface area contributed by atoms with E-state index in [1.54, 1.807) is 14.0 Å². The van der Waals surface area contributed by atoms with Crippen LogP contribution in [-0.2, 0) is 9.53 Å². The zero-order chi connectivity index (χ0) is 11.4. The van der Waals surface area contributed by atoms with Crippen LogP contribution < -0.4 is 5.32 Å². The van der Waals surface area contributed by atoms with Crippen molar-refractivity contribution in [2.24, 2.45) is 0 Å². The molecule has 84 valence electrons.